The molecule has 6 heteroatoms. The van der Waals surface area contributed by atoms with Crippen molar-refractivity contribution in [3.8, 4) is 11.1 Å². The first kappa shape index (κ1) is 20.2. The van der Waals surface area contributed by atoms with Gasteiger partial charge in [-0.1, -0.05) is 36.4 Å². The fourth-order valence-corrected chi connectivity index (χ4v) is 3.79. The molecule has 1 fully saturated rings. The normalized spacial score (nSPS) is 14.0. The third-order valence-electron chi connectivity index (χ3n) is 5.67. The van der Waals surface area contributed by atoms with Gasteiger partial charge < -0.3 is 15.0 Å². The average Bonchev–Trinajstić information content (AvgIpc) is 3.16. The molecule has 2 aromatic carbocycles. The number of carbonyl (C=O) groups is 1. The Kier molecular flexibility index (Phi) is 5.86. The smallest absolute Gasteiger partial charge is 0.246 e. The maximum Gasteiger partial charge on any atom is 0.246 e. The van der Waals surface area contributed by atoms with E-state index in [9.17, 15) is 4.79 Å². The molecule has 1 saturated heterocycles. The number of nitrogens with one attached hydrogen (secondary N) is 1. The van der Waals surface area contributed by atoms with E-state index in [2.05, 4.69) is 29.3 Å². The summed E-state index contributed by atoms with van der Waals surface area (Å²) in [5.41, 5.74) is 6.46. The van der Waals surface area contributed by atoms with Crippen LogP contribution in [-0.2, 0) is 16.1 Å². The number of carbonyl (C=O) groups excluding carboxylic acids is 1. The van der Waals surface area contributed by atoms with Crippen molar-refractivity contribution in [2.75, 3.05) is 36.5 Å². The van der Waals surface area contributed by atoms with Crippen molar-refractivity contribution in [1.29, 1.82) is 0 Å². The Labute approximate surface area is 177 Å². The zero-order valence-electron chi connectivity index (χ0n) is 17.8. The second-order valence-electron chi connectivity index (χ2n) is 7.77. The van der Waals surface area contributed by atoms with E-state index in [-0.39, 0.29) is 12.5 Å². The van der Waals surface area contributed by atoms with Crippen LogP contribution in [0.4, 0.5) is 11.5 Å². The van der Waals surface area contributed by atoms with E-state index in [0.717, 1.165) is 46.8 Å². The number of anilines is 2. The number of rotatable bonds is 5. The van der Waals surface area contributed by atoms with Gasteiger partial charge in [0.05, 0.1) is 13.2 Å². The van der Waals surface area contributed by atoms with Gasteiger partial charge in [0.15, 0.2) is 5.82 Å². The van der Waals surface area contributed by atoms with Gasteiger partial charge in [0.1, 0.15) is 6.54 Å². The van der Waals surface area contributed by atoms with Crippen molar-refractivity contribution >= 4 is 17.4 Å². The van der Waals surface area contributed by atoms with Gasteiger partial charge in [-0.25, -0.2) is 0 Å². The summed E-state index contributed by atoms with van der Waals surface area (Å²) in [6.07, 6.45) is 1.98. The number of nitrogens with zero attached hydrogens (tertiary/aromatic N) is 3. The molecule has 6 nitrogen and oxygen atoms in total. The molecule has 1 aliphatic rings. The summed E-state index contributed by atoms with van der Waals surface area (Å²) >= 11 is 0. The molecule has 1 N–H and O–H groups in total. The van der Waals surface area contributed by atoms with Gasteiger partial charge in [0, 0.05) is 30.5 Å². The first-order chi connectivity index (χ1) is 14.5. The van der Waals surface area contributed by atoms with Crippen LogP contribution >= 0.6 is 0 Å². The number of morpholine rings is 1. The Morgan fingerprint density at radius 3 is 2.50 bits per heavy atom. The molecular formula is C24H28N4O2. The van der Waals surface area contributed by atoms with Gasteiger partial charge in [-0.3, -0.25) is 9.48 Å². The predicted octanol–water partition coefficient (Wildman–Crippen LogP) is 3.95. The van der Waals surface area contributed by atoms with Crippen LogP contribution in [0.3, 0.4) is 0 Å². The summed E-state index contributed by atoms with van der Waals surface area (Å²) in [7, 11) is 0. The van der Waals surface area contributed by atoms with Crippen molar-refractivity contribution in [1.82, 2.24) is 9.78 Å². The molecule has 156 valence electrons. The Balaban J connectivity index is 1.61. The number of hydrogen-bond donors (Lipinski definition) is 1. The van der Waals surface area contributed by atoms with Crippen molar-refractivity contribution in [2.45, 2.75) is 27.3 Å². The highest BCUT2D eigenvalue weighted by Gasteiger charge is 2.21. The van der Waals surface area contributed by atoms with Crippen LogP contribution in [-0.4, -0.2) is 42.0 Å². The second-order valence-corrected chi connectivity index (χ2v) is 7.77. The monoisotopic (exact) mass is 404 g/mol. The molecule has 1 aliphatic heterocycles. The Hall–Kier alpha value is -3.12. The first-order valence-electron chi connectivity index (χ1n) is 10.3. The van der Waals surface area contributed by atoms with Crippen LogP contribution in [0.1, 0.15) is 16.7 Å². The molecule has 30 heavy (non-hydrogen) atoms. The fraction of sp³-hybridized carbons (Fsp3) is 0.333. The number of amides is 1. The summed E-state index contributed by atoms with van der Waals surface area (Å²) in [6, 6.07) is 14.2. The highest BCUT2D eigenvalue weighted by molar-refractivity contribution is 5.91. The van der Waals surface area contributed by atoms with E-state index in [4.69, 9.17) is 9.84 Å². The minimum atomic E-state index is -0.0870. The van der Waals surface area contributed by atoms with Crippen LogP contribution in [0, 0.1) is 20.8 Å². The SMILES string of the molecule is Cc1ccccc1-c1cn(CC(=O)Nc2cccc(C)c2C)nc1N1CCOCC1. The van der Waals surface area contributed by atoms with Crippen LogP contribution < -0.4 is 10.2 Å². The van der Waals surface area contributed by atoms with Crippen molar-refractivity contribution in [2.24, 2.45) is 0 Å². The molecule has 0 saturated carbocycles. The minimum Gasteiger partial charge on any atom is -0.378 e. The zero-order chi connectivity index (χ0) is 21.1. The number of hydrogen-bond acceptors (Lipinski definition) is 4. The molecule has 2 heterocycles. The first-order valence-corrected chi connectivity index (χ1v) is 10.3. The molecular weight excluding hydrogens is 376 g/mol. The van der Waals surface area contributed by atoms with Gasteiger partial charge in [0.2, 0.25) is 5.91 Å². The molecule has 0 unspecified atom stereocenters. The van der Waals surface area contributed by atoms with E-state index in [1.54, 1.807) is 4.68 Å². The lowest BCUT2D eigenvalue weighted by atomic mass is 10.0. The largest absolute Gasteiger partial charge is 0.378 e. The van der Waals surface area contributed by atoms with Crippen LogP contribution in [0.25, 0.3) is 11.1 Å². The Morgan fingerprint density at radius 1 is 1.00 bits per heavy atom. The Bertz CT molecular complexity index is 1050. The summed E-state index contributed by atoms with van der Waals surface area (Å²) < 4.78 is 7.25. The number of ether oxygens (including phenoxy) is 1. The predicted molar refractivity (Wildman–Crippen MR) is 120 cm³/mol. The van der Waals surface area contributed by atoms with Gasteiger partial charge >= 0.3 is 0 Å². The third-order valence-corrected chi connectivity index (χ3v) is 5.67. The van der Waals surface area contributed by atoms with Crippen LogP contribution in [0.15, 0.2) is 48.7 Å². The van der Waals surface area contributed by atoms with Gasteiger partial charge in [-0.2, -0.15) is 5.10 Å². The lowest BCUT2D eigenvalue weighted by molar-refractivity contribution is -0.116. The number of benzene rings is 2. The number of aromatic nitrogens is 2. The molecule has 4 rings (SSSR count). The van der Waals surface area contributed by atoms with E-state index in [1.165, 1.54) is 5.56 Å². The molecule has 0 atom stereocenters. The number of aryl methyl sites for hydroxylation is 2. The maximum absolute atomic E-state index is 12.7. The summed E-state index contributed by atoms with van der Waals surface area (Å²) in [5, 5.41) is 7.82. The highest BCUT2D eigenvalue weighted by Crippen LogP contribution is 2.32. The summed E-state index contributed by atoms with van der Waals surface area (Å²) in [5.74, 6) is 0.822. The fourth-order valence-electron chi connectivity index (χ4n) is 3.79. The highest BCUT2D eigenvalue weighted by atomic mass is 16.5. The zero-order valence-corrected chi connectivity index (χ0v) is 17.8. The standard InChI is InChI=1S/C24H28N4O2/c1-17-8-6-10-22(19(17)3)25-23(29)16-28-15-21(20-9-5-4-7-18(20)2)24(26-28)27-11-13-30-14-12-27/h4-10,15H,11-14,16H2,1-3H3,(H,25,29). The van der Waals surface area contributed by atoms with E-state index in [0.29, 0.717) is 13.2 Å². The molecule has 1 amide bonds. The van der Waals surface area contributed by atoms with Crippen molar-refractivity contribution < 1.29 is 9.53 Å². The van der Waals surface area contributed by atoms with Gasteiger partial charge in [0.25, 0.3) is 0 Å². The Morgan fingerprint density at radius 2 is 1.73 bits per heavy atom. The molecule has 1 aromatic heterocycles. The topological polar surface area (TPSA) is 59.4 Å². The van der Waals surface area contributed by atoms with Crippen molar-refractivity contribution in [3.63, 3.8) is 0 Å². The van der Waals surface area contributed by atoms with Crippen LogP contribution in [0.5, 0.6) is 0 Å². The van der Waals surface area contributed by atoms with Gasteiger partial charge in [-0.15, -0.1) is 0 Å². The van der Waals surface area contributed by atoms with E-state index in [1.807, 2.05) is 50.4 Å². The maximum atomic E-state index is 12.7. The molecule has 0 aliphatic carbocycles. The van der Waals surface area contributed by atoms with E-state index >= 15 is 0 Å². The quantitative estimate of drug-likeness (QED) is 0.700. The molecule has 3 aromatic rings. The lowest BCUT2D eigenvalue weighted by Gasteiger charge is -2.27. The van der Waals surface area contributed by atoms with E-state index < -0.39 is 0 Å². The molecule has 0 spiro atoms. The average molecular weight is 405 g/mol. The minimum absolute atomic E-state index is 0.0870. The summed E-state index contributed by atoms with van der Waals surface area (Å²) in [6.45, 7) is 9.29. The van der Waals surface area contributed by atoms with Gasteiger partial charge in [-0.05, 0) is 49.1 Å². The third kappa shape index (κ3) is 4.24. The molecule has 0 bridgehead atoms. The van der Waals surface area contributed by atoms with Crippen molar-refractivity contribution in [3.05, 3.63) is 65.4 Å². The lowest BCUT2D eigenvalue weighted by Crippen LogP contribution is -2.37. The summed E-state index contributed by atoms with van der Waals surface area (Å²) in [4.78, 5) is 15.0. The second kappa shape index (κ2) is 8.71. The van der Waals surface area contributed by atoms with Crippen LogP contribution in [0.2, 0.25) is 0 Å². The molecule has 0 radical (unpaired) electrons.